The first-order valence-corrected chi connectivity index (χ1v) is 7.90. The molecule has 3 rings (SSSR count). The summed E-state index contributed by atoms with van der Waals surface area (Å²) in [6, 6.07) is 21.9. The van der Waals surface area contributed by atoms with Gasteiger partial charge in [-0.1, -0.05) is 35.9 Å². The lowest BCUT2D eigenvalue weighted by molar-refractivity contribution is 0.102. The van der Waals surface area contributed by atoms with Gasteiger partial charge in [0.1, 0.15) is 11.5 Å². The van der Waals surface area contributed by atoms with E-state index in [9.17, 15) is 4.79 Å². The number of benzene rings is 3. The molecule has 4 heteroatoms. The van der Waals surface area contributed by atoms with Crippen molar-refractivity contribution in [1.82, 2.24) is 0 Å². The third-order valence-electron chi connectivity index (χ3n) is 3.46. The van der Waals surface area contributed by atoms with Gasteiger partial charge in [-0.25, -0.2) is 0 Å². The third-order valence-corrected chi connectivity index (χ3v) is 3.79. The molecule has 0 radical (unpaired) electrons. The number of ether oxygens (including phenoxy) is 1. The maximum Gasteiger partial charge on any atom is 0.255 e. The molecule has 0 unspecified atom stereocenters. The first-order valence-electron chi connectivity index (χ1n) is 7.52. The van der Waals surface area contributed by atoms with Gasteiger partial charge < -0.3 is 10.1 Å². The van der Waals surface area contributed by atoms with Gasteiger partial charge in [0.15, 0.2) is 0 Å². The second kappa shape index (κ2) is 7.20. The van der Waals surface area contributed by atoms with Crippen LogP contribution in [0.25, 0.3) is 0 Å². The number of anilines is 1. The standard InChI is InChI=1S/C20H16ClNO2/c1-14-5-4-6-17(13-14)24-16-11-9-15(10-12-16)20(23)22-19-8-3-2-7-18(19)21/h2-13H,1H3,(H,22,23). The van der Waals surface area contributed by atoms with Crippen LogP contribution in [0.2, 0.25) is 5.02 Å². The smallest absolute Gasteiger partial charge is 0.255 e. The molecule has 1 amide bonds. The summed E-state index contributed by atoms with van der Waals surface area (Å²) in [5.74, 6) is 1.23. The number of hydrogen-bond acceptors (Lipinski definition) is 2. The van der Waals surface area contributed by atoms with Gasteiger partial charge >= 0.3 is 0 Å². The van der Waals surface area contributed by atoms with E-state index in [2.05, 4.69) is 5.32 Å². The van der Waals surface area contributed by atoms with E-state index in [-0.39, 0.29) is 5.91 Å². The van der Waals surface area contributed by atoms with E-state index in [1.807, 2.05) is 43.3 Å². The van der Waals surface area contributed by atoms with Crippen LogP contribution < -0.4 is 10.1 Å². The molecule has 0 atom stereocenters. The molecule has 24 heavy (non-hydrogen) atoms. The molecule has 3 nitrogen and oxygen atoms in total. The number of aryl methyl sites for hydroxylation is 1. The first kappa shape index (κ1) is 16.1. The Labute approximate surface area is 145 Å². The molecule has 0 aliphatic carbocycles. The minimum atomic E-state index is -0.217. The Bertz CT molecular complexity index is 860. The van der Waals surface area contributed by atoms with Gasteiger partial charge in [-0.2, -0.15) is 0 Å². The van der Waals surface area contributed by atoms with Crippen molar-refractivity contribution >= 4 is 23.2 Å². The number of carbonyl (C=O) groups excluding carboxylic acids is 1. The number of nitrogens with one attached hydrogen (secondary N) is 1. The van der Waals surface area contributed by atoms with Gasteiger partial charge in [0, 0.05) is 5.56 Å². The number of hydrogen-bond donors (Lipinski definition) is 1. The molecule has 120 valence electrons. The Balaban J connectivity index is 1.70. The molecule has 3 aromatic carbocycles. The minimum Gasteiger partial charge on any atom is -0.457 e. The fourth-order valence-corrected chi connectivity index (χ4v) is 2.43. The number of rotatable bonds is 4. The van der Waals surface area contributed by atoms with Gasteiger partial charge in [-0.05, 0) is 61.0 Å². The van der Waals surface area contributed by atoms with Crippen molar-refractivity contribution in [3.8, 4) is 11.5 Å². The van der Waals surface area contributed by atoms with Crippen molar-refractivity contribution in [3.63, 3.8) is 0 Å². The van der Waals surface area contributed by atoms with E-state index >= 15 is 0 Å². The SMILES string of the molecule is Cc1cccc(Oc2ccc(C(=O)Nc3ccccc3Cl)cc2)c1. The molecule has 0 fully saturated rings. The zero-order chi connectivity index (χ0) is 16.9. The van der Waals surface area contributed by atoms with Crippen LogP contribution in [0.5, 0.6) is 11.5 Å². The van der Waals surface area contributed by atoms with Gasteiger partial charge in [0.05, 0.1) is 10.7 Å². The summed E-state index contributed by atoms with van der Waals surface area (Å²) in [6.45, 7) is 2.01. The number of carbonyl (C=O) groups is 1. The number of amides is 1. The molecule has 0 heterocycles. The topological polar surface area (TPSA) is 38.3 Å². The van der Waals surface area contributed by atoms with Crippen molar-refractivity contribution < 1.29 is 9.53 Å². The first-order chi connectivity index (χ1) is 11.6. The second-order valence-electron chi connectivity index (χ2n) is 5.38. The van der Waals surface area contributed by atoms with Crippen molar-refractivity contribution in [3.05, 3.63) is 88.9 Å². The molecule has 0 saturated heterocycles. The summed E-state index contributed by atoms with van der Waals surface area (Å²) in [4.78, 5) is 12.3. The quantitative estimate of drug-likeness (QED) is 0.663. The molecule has 0 aliphatic heterocycles. The Morgan fingerprint density at radius 1 is 0.917 bits per heavy atom. The van der Waals surface area contributed by atoms with Crippen molar-refractivity contribution in [2.45, 2.75) is 6.92 Å². The zero-order valence-electron chi connectivity index (χ0n) is 13.1. The molecule has 0 bridgehead atoms. The van der Waals surface area contributed by atoms with Crippen LogP contribution in [0.1, 0.15) is 15.9 Å². The summed E-state index contributed by atoms with van der Waals surface area (Å²) in [5.41, 5.74) is 2.25. The minimum absolute atomic E-state index is 0.217. The summed E-state index contributed by atoms with van der Waals surface area (Å²) in [5, 5.41) is 3.30. The molecular weight excluding hydrogens is 322 g/mol. The van der Waals surface area contributed by atoms with Gasteiger partial charge in [0.2, 0.25) is 0 Å². The third kappa shape index (κ3) is 3.94. The number of para-hydroxylation sites is 1. The van der Waals surface area contributed by atoms with Crippen LogP contribution in [0.4, 0.5) is 5.69 Å². The highest BCUT2D eigenvalue weighted by Gasteiger charge is 2.08. The van der Waals surface area contributed by atoms with E-state index in [4.69, 9.17) is 16.3 Å². The van der Waals surface area contributed by atoms with Gasteiger partial charge in [-0.15, -0.1) is 0 Å². The van der Waals surface area contributed by atoms with E-state index in [1.165, 1.54) is 0 Å². The zero-order valence-corrected chi connectivity index (χ0v) is 13.9. The highest BCUT2D eigenvalue weighted by molar-refractivity contribution is 6.33. The molecule has 0 aliphatic rings. The predicted molar refractivity (Wildman–Crippen MR) is 97.1 cm³/mol. The number of halogens is 1. The van der Waals surface area contributed by atoms with Crippen molar-refractivity contribution in [2.75, 3.05) is 5.32 Å². The predicted octanol–water partition coefficient (Wildman–Crippen LogP) is 5.69. The van der Waals surface area contributed by atoms with Gasteiger partial charge in [-0.3, -0.25) is 4.79 Å². The fourth-order valence-electron chi connectivity index (χ4n) is 2.25. The van der Waals surface area contributed by atoms with E-state index < -0.39 is 0 Å². The van der Waals surface area contributed by atoms with E-state index in [0.717, 1.165) is 11.3 Å². The lowest BCUT2D eigenvalue weighted by Crippen LogP contribution is -2.11. The summed E-state index contributed by atoms with van der Waals surface area (Å²) in [6.07, 6.45) is 0. The van der Waals surface area contributed by atoms with E-state index in [1.54, 1.807) is 36.4 Å². The molecule has 0 spiro atoms. The second-order valence-corrected chi connectivity index (χ2v) is 5.78. The fraction of sp³-hybridized carbons (Fsp3) is 0.0500. The summed E-state index contributed by atoms with van der Waals surface area (Å²) < 4.78 is 5.78. The van der Waals surface area contributed by atoms with E-state index in [0.29, 0.717) is 22.0 Å². The van der Waals surface area contributed by atoms with Crippen LogP contribution in [0.3, 0.4) is 0 Å². The van der Waals surface area contributed by atoms with Crippen molar-refractivity contribution in [1.29, 1.82) is 0 Å². The highest BCUT2D eigenvalue weighted by Crippen LogP contribution is 2.24. The Kier molecular flexibility index (Phi) is 4.82. The van der Waals surface area contributed by atoms with Crippen LogP contribution in [0.15, 0.2) is 72.8 Å². The van der Waals surface area contributed by atoms with Crippen LogP contribution in [-0.4, -0.2) is 5.91 Å². The Morgan fingerprint density at radius 2 is 1.67 bits per heavy atom. The largest absolute Gasteiger partial charge is 0.457 e. The van der Waals surface area contributed by atoms with Crippen LogP contribution >= 0.6 is 11.6 Å². The van der Waals surface area contributed by atoms with Gasteiger partial charge in [0.25, 0.3) is 5.91 Å². The lowest BCUT2D eigenvalue weighted by atomic mass is 10.2. The lowest BCUT2D eigenvalue weighted by Gasteiger charge is -2.09. The molecule has 3 aromatic rings. The van der Waals surface area contributed by atoms with Crippen LogP contribution in [0, 0.1) is 6.92 Å². The monoisotopic (exact) mass is 337 g/mol. The normalized spacial score (nSPS) is 10.2. The molecule has 1 N–H and O–H groups in total. The molecular formula is C20H16ClNO2. The maximum atomic E-state index is 12.3. The maximum absolute atomic E-state index is 12.3. The highest BCUT2D eigenvalue weighted by atomic mass is 35.5. The summed E-state index contributed by atoms with van der Waals surface area (Å²) >= 11 is 6.05. The average molecular weight is 338 g/mol. The summed E-state index contributed by atoms with van der Waals surface area (Å²) in [7, 11) is 0. The molecule has 0 aromatic heterocycles. The Morgan fingerprint density at radius 3 is 2.38 bits per heavy atom. The molecule has 0 saturated carbocycles. The van der Waals surface area contributed by atoms with Crippen molar-refractivity contribution in [2.24, 2.45) is 0 Å². The Hall–Kier alpha value is -2.78. The average Bonchev–Trinajstić information content (AvgIpc) is 2.57. The van der Waals surface area contributed by atoms with Crippen LogP contribution in [-0.2, 0) is 0 Å².